The molecule has 0 atom stereocenters. The molecule has 0 saturated heterocycles. The minimum Gasteiger partial charge on any atom is -0.446 e. The SMILES string of the molecule is CNc1ccc(CNc2ccc(C)o2)cc1. The van der Waals surface area contributed by atoms with E-state index in [1.54, 1.807) is 0 Å². The minimum absolute atomic E-state index is 0.775. The monoisotopic (exact) mass is 216 g/mol. The molecule has 0 aliphatic rings. The van der Waals surface area contributed by atoms with Crippen molar-refractivity contribution < 1.29 is 4.42 Å². The maximum Gasteiger partial charge on any atom is 0.193 e. The van der Waals surface area contributed by atoms with Gasteiger partial charge < -0.3 is 15.1 Å². The van der Waals surface area contributed by atoms with Gasteiger partial charge in [-0.2, -0.15) is 0 Å². The summed E-state index contributed by atoms with van der Waals surface area (Å²) in [5.41, 5.74) is 2.35. The van der Waals surface area contributed by atoms with Gasteiger partial charge in [-0.05, 0) is 30.7 Å². The highest BCUT2D eigenvalue weighted by atomic mass is 16.4. The number of nitrogens with one attached hydrogen (secondary N) is 2. The quantitative estimate of drug-likeness (QED) is 0.823. The Labute approximate surface area is 95.5 Å². The lowest BCUT2D eigenvalue weighted by Gasteiger charge is -2.04. The Hall–Kier alpha value is -1.90. The van der Waals surface area contributed by atoms with Crippen LogP contribution in [0.3, 0.4) is 0 Å². The van der Waals surface area contributed by atoms with Crippen molar-refractivity contribution in [3.63, 3.8) is 0 Å². The molecule has 0 aliphatic heterocycles. The Bertz CT molecular complexity index is 445. The van der Waals surface area contributed by atoms with Crippen molar-refractivity contribution in [1.82, 2.24) is 0 Å². The zero-order valence-electron chi connectivity index (χ0n) is 9.58. The highest BCUT2D eigenvalue weighted by Gasteiger charge is 1.98. The van der Waals surface area contributed by atoms with Crippen LogP contribution < -0.4 is 10.6 Å². The Morgan fingerprint density at radius 3 is 2.38 bits per heavy atom. The van der Waals surface area contributed by atoms with Crippen molar-refractivity contribution in [3.8, 4) is 0 Å². The van der Waals surface area contributed by atoms with Crippen molar-refractivity contribution in [2.24, 2.45) is 0 Å². The summed E-state index contributed by atoms with van der Waals surface area (Å²) in [4.78, 5) is 0. The second-order valence-electron chi connectivity index (χ2n) is 3.71. The highest BCUT2D eigenvalue weighted by molar-refractivity contribution is 5.44. The third-order valence-electron chi connectivity index (χ3n) is 2.45. The van der Waals surface area contributed by atoms with Gasteiger partial charge in [0.05, 0.1) is 0 Å². The van der Waals surface area contributed by atoms with Gasteiger partial charge in [0.1, 0.15) is 5.76 Å². The van der Waals surface area contributed by atoms with Crippen molar-refractivity contribution in [2.45, 2.75) is 13.5 Å². The minimum atomic E-state index is 0.775. The molecule has 0 radical (unpaired) electrons. The number of benzene rings is 1. The zero-order valence-corrected chi connectivity index (χ0v) is 9.58. The molecule has 0 aliphatic carbocycles. The largest absolute Gasteiger partial charge is 0.446 e. The van der Waals surface area contributed by atoms with Gasteiger partial charge >= 0.3 is 0 Å². The third kappa shape index (κ3) is 2.57. The molecule has 2 rings (SSSR count). The van der Waals surface area contributed by atoms with Crippen LogP contribution in [0.25, 0.3) is 0 Å². The molecular formula is C13H16N2O. The maximum absolute atomic E-state index is 5.43. The average molecular weight is 216 g/mol. The lowest BCUT2D eigenvalue weighted by Crippen LogP contribution is -1.98. The van der Waals surface area contributed by atoms with Gasteiger partial charge in [0.15, 0.2) is 5.88 Å². The van der Waals surface area contributed by atoms with Crippen LogP contribution >= 0.6 is 0 Å². The van der Waals surface area contributed by atoms with Crippen molar-refractivity contribution >= 4 is 11.6 Å². The predicted molar refractivity (Wildman–Crippen MR) is 66.8 cm³/mol. The molecule has 0 fully saturated rings. The molecule has 0 spiro atoms. The Balaban J connectivity index is 1.94. The first-order valence-electron chi connectivity index (χ1n) is 5.35. The third-order valence-corrected chi connectivity index (χ3v) is 2.45. The number of rotatable bonds is 4. The van der Waals surface area contributed by atoms with E-state index in [1.165, 1.54) is 5.56 Å². The van der Waals surface area contributed by atoms with Crippen LogP contribution in [-0.2, 0) is 6.54 Å². The standard InChI is InChI=1S/C13H16N2O/c1-10-3-8-13(16-10)15-9-11-4-6-12(14-2)7-5-11/h3-8,14-15H,9H2,1-2H3. The second-order valence-corrected chi connectivity index (χ2v) is 3.71. The molecule has 1 aromatic carbocycles. The van der Waals surface area contributed by atoms with E-state index in [2.05, 4.69) is 34.9 Å². The fraction of sp³-hybridized carbons (Fsp3) is 0.231. The van der Waals surface area contributed by atoms with E-state index in [0.717, 1.165) is 23.9 Å². The summed E-state index contributed by atoms with van der Waals surface area (Å²) in [6, 6.07) is 12.2. The molecule has 0 saturated carbocycles. The van der Waals surface area contributed by atoms with Gasteiger partial charge in [-0.3, -0.25) is 0 Å². The molecule has 3 heteroatoms. The highest BCUT2D eigenvalue weighted by Crippen LogP contribution is 2.14. The van der Waals surface area contributed by atoms with E-state index in [1.807, 2.05) is 26.1 Å². The summed E-state index contributed by atoms with van der Waals surface area (Å²) in [5, 5.41) is 6.32. The van der Waals surface area contributed by atoms with Crippen molar-refractivity contribution in [1.29, 1.82) is 0 Å². The fourth-order valence-electron chi connectivity index (χ4n) is 1.51. The summed E-state index contributed by atoms with van der Waals surface area (Å²) in [5.74, 6) is 1.74. The summed E-state index contributed by atoms with van der Waals surface area (Å²) >= 11 is 0. The first-order chi connectivity index (χ1) is 7.78. The van der Waals surface area contributed by atoms with Crippen LogP contribution in [0.1, 0.15) is 11.3 Å². The summed E-state index contributed by atoms with van der Waals surface area (Å²) in [6.45, 7) is 2.71. The number of hydrogen-bond donors (Lipinski definition) is 2. The smallest absolute Gasteiger partial charge is 0.193 e. The average Bonchev–Trinajstić information content (AvgIpc) is 2.73. The molecule has 3 nitrogen and oxygen atoms in total. The lowest BCUT2D eigenvalue weighted by molar-refractivity contribution is 0.546. The topological polar surface area (TPSA) is 37.2 Å². The van der Waals surface area contributed by atoms with Crippen molar-refractivity contribution in [2.75, 3.05) is 17.7 Å². The number of hydrogen-bond acceptors (Lipinski definition) is 3. The first kappa shape index (κ1) is 10.6. The maximum atomic E-state index is 5.43. The van der Waals surface area contributed by atoms with Gasteiger partial charge in [-0.1, -0.05) is 12.1 Å². The van der Waals surface area contributed by atoms with Crippen LogP contribution in [-0.4, -0.2) is 7.05 Å². The Morgan fingerprint density at radius 1 is 1.06 bits per heavy atom. The molecular weight excluding hydrogens is 200 g/mol. The Kier molecular flexibility index (Phi) is 3.15. The molecule has 0 unspecified atom stereocenters. The molecule has 2 aromatic rings. The first-order valence-corrected chi connectivity index (χ1v) is 5.35. The van der Waals surface area contributed by atoms with E-state index < -0.39 is 0 Å². The molecule has 16 heavy (non-hydrogen) atoms. The van der Waals surface area contributed by atoms with Crippen LogP contribution in [0.5, 0.6) is 0 Å². The number of anilines is 2. The molecule has 84 valence electrons. The Morgan fingerprint density at radius 2 is 1.81 bits per heavy atom. The van der Waals surface area contributed by atoms with Gasteiger partial charge in [0, 0.05) is 25.3 Å². The zero-order chi connectivity index (χ0) is 11.4. The van der Waals surface area contributed by atoms with E-state index >= 15 is 0 Å². The van der Waals surface area contributed by atoms with Crippen LogP contribution in [0, 0.1) is 6.92 Å². The second kappa shape index (κ2) is 4.75. The van der Waals surface area contributed by atoms with E-state index in [4.69, 9.17) is 4.42 Å². The molecule has 0 bridgehead atoms. The summed E-state index contributed by atoms with van der Waals surface area (Å²) < 4.78 is 5.43. The van der Waals surface area contributed by atoms with Gasteiger partial charge in [0.2, 0.25) is 0 Å². The fourth-order valence-corrected chi connectivity index (χ4v) is 1.51. The van der Waals surface area contributed by atoms with Gasteiger partial charge in [-0.25, -0.2) is 0 Å². The lowest BCUT2D eigenvalue weighted by atomic mass is 10.2. The van der Waals surface area contributed by atoms with Gasteiger partial charge in [0.25, 0.3) is 0 Å². The summed E-state index contributed by atoms with van der Waals surface area (Å²) in [6.07, 6.45) is 0. The van der Waals surface area contributed by atoms with Crippen LogP contribution in [0.2, 0.25) is 0 Å². The summed E-state index contributed by atoms with van der Waals surface area (Å²) in [7, 11) is 1.92. The van der Waals surface area contributed by atoms with Crippen LogP contribution in [0.4, 0.5) is 11.6 Å². The normalized spacial score (nSPS) is 10.1. The molecule has 1 aromatic heterocycles. The van der Waals surface area contributed by atoms with Crippen molar-refractivity contribution in [3.05, 3.63) is 47.7 Å². The van der Waals surface area contributed by atoms with E-state index in [0.29, 0.717) is 0 Å². The molecule has 0 amide bonds. The van der Waals surface area contributed by atoms with E-state index in [-0.39, 0.29) is 0 Å². The molecule has 2 N–H and O–H groups in total. The van der Waals surface area contributed by atoms with Gasteiger partial charge in [-0.15, -0.1) is 0 Å². The van der Waals surface area contributed by atoms with E-state index in [9.17, 15) is 0 Å². The van der Waals surface area contributed by atoms with Crippen LogP contribution in [0.15, 0.2) is 40.8 Å². The predicted octanol–water partition coefficient (Wildman–Crippen LogP) is 3.24. The number of aryl methyl sites for hydroxylation is 1. The molecule has 1 heterocycles. The number of furan rings is 1.